The van der Waals surface area contributed by atoms with E-state index in [2.05, 4.69) is 0 Å². The highest BCUT2D eigenvalue weighted by molar-refractivity contribution is 6.75. The van der Waals surface area contributed by atoms with Crippen LogP contribution >= 0.6 is 0 Å². The van der Waals surface area contributed by atoms with Gasteiger partial charge in [0.15, 0.2) is 0 Å². The molecule has 0 unspecified atom stereocenters. The Labute approximate surface area is 80.2 Å². The lowest BCUT2D eigenvalue weighted by atomic mass is 9.77. The second-order valence-electron chi connectivity index (χ2n) is 3.68. The summed E-state index contributed by atoms with van der Waals surface area (Å²) in [4.78, 5) is 0. The number of benzene rings is 1. The molecule has 1 nitrogen and oxygen atoms in total. The molecule has 1 aromatic rings. The van der Waals surface area contributed by atoms with Crippen molar-refractivity contribution in [1.29, 1.82) is 0 Å². The number of halogens is 3. The molecule has 2 rings (SSSR count). The minimum atomic E-state index is -4.97. The summed E-state index contributed by atoms with van der Waals surface area (Å²) in [5.74, 6) is 0. The number of rotatable bonds is 1. The number of hydrogen-bond acceptors (Lipinski definition) is 1. The van der Waals surface area contributed by atoms with Crippen LogP contribution in [0, 0.1) is 0 Å². The quantitative estimate of drug-likeness (QED) is 0.542. The van der Waals surface area contributed by atoms with Crippen LogP contribution < -0.4 is 11.2 Å². The Morgan fingerprint density at radius 1 is 1.07 bits per heavy atom. The van der Waals surface area contributed by atoms with Gasteiger partial charge >= 0.3 is 6.98 Å². The van der Waals surface area contributed by atoms with Gasteiger partial charge in [-0.2, -0.15) is 0 Å². The third-order valence-electron chi connectivity index (χ3n) is 2.65. The SMILES string of the molecule is Nc1cc2c(cc1[B-](F)(F)F)CCC2. The zero-order valence-electron chi connectivity index (χ0n) is 7.56. The summed E-state index contributed by atoms with van der Waals surface area (Å²) >= 11 is 0. The van der Waals surface area contributed by atoms with Crippen LogP contribution in [-0.2, 0) is 12.8 Å². The molecule has 76 valence electrons. The largest absolute Gasteiger partial charge is 0.511 e. The van der Waals surface area contributed by atoms with E-state index in [1.807, 2.05) is 0 Å². The summed E-state index contributed by atoms with van der Waals surface area (Å²) < 4.78 is 37.5. The topological polar surface area (TPSA) is 26.0 Å². The molecule has 5 heteroatoms. The molecule has 0 spiro atoms. The first kappa shape index (κ1) is 9.43. The molecule has 0 bridgehead atoms. The maximum Gasteiger partial charge on any atom is 0.511 e. The standard InChI is InChI=1S/C9H10BF3N/c11-10(12,13)8-4-6-2-1-3-7(6)5-9(8)14/h4-5H,1-3,14H2/q-1. The molecule has 1 aliphatic rings. The molecule has 2 N–H and O–H groups in total. The van der Waals surface area contributed by atoms with Gasteiger partial charge in [-0.15, -0.1) is 0 Å². The van der Waals surface area contributed by atoms with Crippen LogP contribution in [0.3, 0.4) is 0 Å². The van der Waals surface area contributed by atoms with Crippen LogP contribution in [0.4, 0.5) is 18.6 Å². The molecule has 0 saturated heterocycles. The molecule has 0 aliphatic heterocycles. The number of hydrogen-bond donors (Lipinski definition) is 1. The lowest BCUT2D eigenvalue weighted by Crippen LogP contribution is -2.36. The highest BCUT2D eigenvalue weighted by Gasteiger charge is 2.29. The van der Waals surface area contributed by atoms with E-state index in [1.54, 1.807) is 0 Å². The maximum atomic E-state index is 12.5. The number of nitrogens with two attached hydrogens (primary N) is 1. The fraction of sp³-hybridized carbons (Fsp3) is 0.333. The van der Waals surface area contributed by atoms with Gasteiger partial charge in [0.25, 0.3) is 0 Å². The predicted molar refractivity (Wildman–Crippen MR) is 51.6 cm³/mol. The Hall–Kier alpha value is -1.13. The molecule has 0 radical (unpaired) electrons. The lowest BCUT2D eigenvalue weighted by molar-refractivity contribution is 0.501. The minimum Gasteiger partial charge on any atom is -0.445 e. The van der Waals surface area contributed by atoms with Gasteiger partial charge in [0, 0.05) is 5.69 Å². The van der Waals surface area contributed by atoms with E-state index in [-0.39, 0.29) is 5.69 Å². The molecule has 0 amide bonds. The van der Waals surface area contributed by atoms with E-state index in [9.17, 15) is 12.9 Å². The van der Waals surface area contributed by atoms with Crippen LogP contribution in [0.15, 0.2) is 12.1 Å². The Balaban J connectivity index is 2.53. The van der Waals surface area contributed by atoms with E-state index < -0.39 is 12.4 Å². The highest BCUT2D eigenvalue weighted by Crippen LogP contribution is 2.25. The van der Waals surface area contributed by atoms with Crippen LogP contribution in [0.2, 0.25) is 0 Å². The zero-order valence-corrected chi connectivity index (χ0v) is 7.56. The van der Waals surface area contributed by atoms with Crippen molar-refractivity contribution in [2.24, 2.45) is 0 Å². The normalized spacial score (nSPS) is 15.6. The molecular formula is C9H10BF3N-. The number of anilines is 1. The van der Waals surface area contributed by atoms with E-state index in [0.717, 1.165) is 30.4 Å². The summed E-state index contributed by atoms with van der Waals surface area (Å²) in [6.45, 7) is -4.97. The highest BCUT2D eigenvalue weighted by atomic mass is 19.4. The Bertz CT molecular complexity index is 373. The van der Waals surface area contributed by atoms with Gasteiger partial charge in [0.1, 0.15) is 0 Å². The Kier molecular flexibility index (Phi) is 1.98. The molecule has 1 aliphatic carbocycles. The first-order valence-electron chi connectivity index (χ1n) is 4.59. The van der Waals surface area contributed by atoms with Gasteiger partial charge in [0.05, 0.1) is 0 Å². The predicted octanol–water partition coefficient (Wildman–Crippen LogP) is 1.81. The van der Waals surface area contributed by atoms with Gasteiger partial charge < -0.3 is 18.7 Å². The van der Waals surface area contributed by atoms with Crippen molar-refractivity contribution in [3.63, 3.8) is 0 Å². The summed E-state index contributed by atoms with van der Waals surface area (Å²) in [5, 5.41) is 0. The molecule has 0 fully saturated rings. The van der Waals surface area contributed by atoms with Crippen molar-refractivity contribution in [1.82, 2.24) is 0 Å². The van der Waals surface area contributed by atoms with E-state index in [4.69, 9.17) is 5.73 Å². The van der Waals surface area contributed by atoms with Crippen LogP contribution in [0.5, 0.6) is 0 Å². The monoisotopic (exact) mass is 200 g/mol. The Morgan fingerprint density at radius 2 is 1.64 bits per heavy atom. The average Bonchev–Trinajstić information content (AvgIpc) is 2.47. The number of nitrogen functional groups attached to an aromatic ring is 1. The van der Waals surface area contributed by atoms with E-state index >= 15 is 0 Å². The summed E-state index contributed by atoms with van der Waals surface area (Å²) in [5.41, 5.74) is 6.41. The second-order valence-corrected chi connectivity index (χ2v) is 3.68. The molecule has 1 aromatic carbocycles. The van der Waals surface area contributed by atoms with E-state index in [0.29, 0.717) is 0 Å². The lowest BCUT2D eigenvalue weighted by Gasteiger charge is -2.19. The van der Waals surface area contributed by atoms with Gasteiger partial charge in [-0.25, -0.2) is 0 Å². The summed E-state index contributed by atoms with van der Waals surface area (Å²) in [6.07, 6.45) is 2.53. The molecule has 14 heavy (non-hydrogen) atoms. The Morgan fingerprint density at radius 3 is 2.21 bits per heavy atom. The fourth-order valence-corrected chi connectivity index (χ4v) is 1.95. The average molecular weight is 200 g/mol. The molecular weight excluding hydrogens is 190 g/mol. The van der Waals surface area contributed by atoms with Gasteiger partial charge in [-0.05, 0) is 36.5 Å². The molecule has 0 saturated carbocycles. The summed E-state index contributed by atoms with van der Waals surface area (Å²) in [7, 11) is 0. The van der Waals surface area contributed by atoms with Crippen molar-refractivity contribution < 1.29 is 12.9 Å². The smallest absolute Gasteiger partial charge is 0.445 e. The third-order valence-corrected chi connectivity index (χ3v) is 2.65. The van der Waals surface area contributed by atoms with Crippen molar-refractivity contribution in [3.8, 4) is 0 Å². The third kappa shape index (κ3) is 1.47. The van der Waals surface area contributed by atoms with Crippen LogP contribution in [0.25, 0.3) is 0 Å². The summed E-state index contributed by atoms with van der Waals surface area (Å²) in [6, 6.07) is 2.70. The fourth-order valence-electron chi connectivity index (χ4n) is 1.95. The molecule has 0 aromatic heterocycles. The molecule has 0 atom stereocenters. The maximum absolute atomic E-state index is 12.5. The van der Waals surface area contributed by atoms with Crippen molar-refractivity contribution >= 4 is 18.1 Å². The minimum absolute atomic E-state index is 0.127. The van der Waals surface area contributed by atoms with Crippen molar-refractivity contribution in [2.75, 3.05) is 5.73 Å². The van der Waals surface area contributed by atoms with E-state index in [1.165, 1.54) is 12.1 Å². The van der Waals surface area contributed by atoms with Crippen LogP contribution in [0.1, 0.15) is 17.5 Å². The first-order chi connectivity index (χ1) is 6.48. The van der Waals surface area contributed by atoms with Gasteiger partial charge in [-0.1, -0.05) is 11.5 Å². The van der Waals surface area contributed by atoms with Gasteiger partial charge in [0.2, 0.25) is 0 Å². The van der Waals surface area contributed by atoms with Gasteiger partial charge in [-0.3, -0.25) is 0 Å². The number of aryl methyl sites for hydroxylation is 2. The molecule has 0 heterocycles. The zero-order chi connectivity index (χ0) is 10.3. The van der Waals surface area contributed by atoms with Crippen molar-refractivity contribution in [2.45, 2.75) is 19.3 Å². The van der Waals surface area contributed by atoms with Crippen LogP contribution in [-0.4, -0.2) is 6.98 Å². The number of fused-ring (bicyclic) bond motifs is 1. The first-order valence-corrected chi connectivity index (χ1v) is 4.59. The second kappa shape index (κ2) is 2.93. The van der Waals surface area contributed by atoms with Crippen molar-refractivity contribution in [3.05, 3.63) is 23.3 Å².